The van der Waals surface area contributed by atoms with E-state index >= 15 is 0 Å². The van der Waals surface area contributed by atoms with E-state index in [1.54, 1.807) is 21.0 Å². The number of aliphatic hydroxyl groups is 3. The first-order chi connectivity index (χ1) is 23.0. The number of aliphatic hydroxyl groups excluding tert-OH is 2. The number of ketones is 2. The quantitative estimate of drug-likeness (QED) is 0.215. The number of allylic oxidation sites excluding steroid dienone is 2. The van der Waals surface area contributed by atoms with Crippen LogP contribution in [0.15, 0.2) is 58.9 Å². The van der Waals surface area contributed by atoms with Crippen molar-refractivity contribution in [3.05, 3.63) is 81.1 Å². The Bertz CT molecular complexity index is 1970. The molecule has 0 heterocycles. The van der Waals surface area contributed by atoms with E-state index < -0.39 is 57.0 Å². The highest BCUT2D eigenvalue weighted by molar-refractivity contribution is 6.25. The Kier molecular flexibility index (Phi) is 8.21. The average molecular weight is 665 g/mol. The van der Waals surface area contributed by atoms with E-state index in [0.717, 1.165) is 47.9 Å². The van der Waals surface area contributed by atoms with Crippen molar-refractivity contribution in [2.45, 2.75) is 83.8 Å². The van der Waals surface area contributed by atoms with Crippen molar-refractivity contribution in [1.29, 1.82) is 0 Å². The molecule has 6 rings (SSSR count). The first-order valence-electron chi connectivity index (χ1n) is 16.8. The van der Waals surface area contributed by atoms with Gasteiger partial charge >= 0.3 is 0 Å². The lowest BCUT2D eigenvalue weighted by molar-refractivity contribution is -0.175. The standard InChI is InChI=1S/C40H44N2O7/c1-21(2)23-14-16-24(17-15-23)26-18-25(13-12-22-10-8-7-9-11-22)31(43)28-27(26)19-38(3)20-39(4)34(42(5)6)33(45)29(37(41)48)35(46)40(39,49)36(47)30(38)32(28)44/h10,14-18,21,34,43-44,46,49H,7-9,11,19-20H2,1-6H3,(H2,41,48)/t34-,38+,39+,40-/m1/s1. The fraction of sp³-hybridized carbons (Fsp3) is 0.425. The summed E-state index contributed by atoms with van der Waals surface area (Å²) in [5, 5.41) is 47.7. The second-order valence-electron chi connectivity index (χ2n) is 15.1. The summed E-state index contributed by atoms with van der Waals surface area (Å²) in [5.74, 6) is 1.50. The molecule has 4 aliphatic rings. The molecule has 9 nitrogen and oxygen atoms in total. The van der Waals surface area contributed by atoms with Crippen LogP contribution in [0, 0.1) is 22.7 Å². The maximum absolute atomic E-state index is 14.7. The number of phenols is 1. The minimum atomic E-state index is -2.78. The third-order valence-corrected chi connectivity index (χ3v) is 11.2. The zero-order valence-electron chi connectivity index (χ0n) is 28.9. The van der Waals surface area contributed by atoms with E-state index in [9.17, 15) is 34.8 Å². The molecule has 4 atom stereocenters. The molecular formula is C40H44N2O7. The number of primary amides is 1. The SMILES string of the molecule is CC(C)c1ccc(-c2cc(C#CC3=CCCCC3)c(O)c3c2C[C@@]2(C)C[C@@]4(C)[C@H](N(C)C)C(=O)C(C(N)=O)=C(O)[C@@]4(O)C(=O)C2=C3O)cc1. The zero-order valence-corrected chi connectivity index (χ0v) is 28.9. The van der Waals surface area contributed by atoms with Crippen molar-refractivity contribution < 1.29 is 34.8 Å². The molecule has 9 heteroatoms. The number of benzene rings is 2. The number of rotatable bonds is 4. The lowest BCUT2D eigenvalue weighted by atomic mass is 9.46. The number of Topliss-reactive ketones (excluding diaryl/α,β-unsaturated/α-hetero) is 2. The number of hydrogen-bond donors (Lipinski definition) is 5. The number of carbonyl (C=O) groups is 3. The highest BCUT2D eigenvalue weighted by atomic mass is 16.3. The third-order valence-electron chi connectivity index (χ3n) is 11.2. The summed E-state index contributed by atoms with van der Waals surface area (Å²) in [5.41, 5.74) is 3.39. The van der Waals surface area contributed by atoms with E-state index in [-0.39, 0.29) is 35.3 Å². The largest absolute Gasteiger partial charge is 0.508 e. The van der Waals surface area contributed by atoms with Crippen LogP contribution in [0.2, 0.25) is 0 Å². The monoisotopic (exact) mass is 664 g/mol. The van der Waals surface area contributed by atoms with Crippen LogP contribution >= 0.6 is 0 Å². The summed E-state index contributed by atoms with van der Waals surface area (Å²) in [6.45, 7) is 7.53. The summed E-state index contributed by atoms with van der Waals surface area (Å²) >= 11 is 0. The van der Waals surface area contributed by atoms with Crippen molar-refractivity contribution >= 4 is 23.2 Å². The first-order valence-corrected chi connectivity index (χ1v) is 16.8. The van der Waals surface area contributed by atoms with Gasteiger partial charge in [0.2, 0.25) is 5.78 Å². The lowest BCUT2D eigenvalue weighted by Gasteiger charge is -2.59. The molecule has 0 bridgehead atoms. The van der Waals surface area contributed by atoms with E-state index in [4.69, 9.17) is 5.73 Å². The fourth-order valence-electron chi connectivity index (χ4n) is 8.89. The highest BCUT2D eigenvalue weighted by Gasteiger charge is 2.72. The smallest absolute Gasteiger partial charge is 0.255 e. The maximum atomic E-state index is 14.7. The molecule has 6 N–H and O–H groups in total. The van der Waals surface area contributed by atoms with Gasteiger partial charge in [-0.3, -0.25) is 19.3 Å². The molecule has 1 amide bonds. The van der Waals surface area contributed by atoms with Crippen molar-refractivity contribution in [3.63, 3.8) is 0 Å². The molecule has 2 aromatic rings. The van der Waals surface area contributed by atoms with Crippen LogP contribution in [0.1, 0.15) is 88.0 Å². The van der Waals surface area contributed by atoms with Crippen LogP contribution in [0.5, 0.6) is 5.75 Å². The Hall–Kier alpha value is -4.65. The molecule has 0 saturated heterocycles. The fourth-order valence-corrected chi connectivity index (χ4v) is 8.89. The number of nitrogens with zero attached hydrogens (tertiary/aromatic N) is 1. The number of carbonyl (C=O) groups excluding carboxylic acids is 3. The van der Waals surface area contributed by atoms with Crippen molar-refractivity contribution in [2.75, 3.05) is 14.1 Å². The Labute approximate surface area is 286 Å². The first kappa shape index (κ1) is 34.2. The lowest BCUT2D eigenvalue weighted by Crippen LogP contribution is -2.72. The minimum Gasteiger partial charge on any atom is -0.508 e. The van der Waals surface area contributed by atoms with Crippen LogP contribution in [-0.4, -0.2) is 68.5 Å². The summed E-state index contributed by atoms with van der Waals surface area (Å²) < 4.78 is 0. The van der Waals surface area contributed by atoms with E-state index in [2.05, 4.69) is 31.8 Å². The molecule has 2 aromatic carbocycles. The molecule has 49 heavy (non-hydrogen) atoms. The molecule has 0 aliphatic heterocycles. The van der Waals surface area contributed by atoms with Gasteiger partial charge in [-0.25, -0.2) is 0 Å². The Morgan fingerprint density at radius 1 is 1.04 bits per heavy atom. The molecule has 1 saturated carbocycles. The topological polar surface area (TPSA) is 161 Å². The van der Waals surface area contributed by atoms with Gasteiger partial charge in [0, 0.05) is 16.4 Å². The normalized spacial score (nSPS) is 28.1. The Balaban J connectivity index is 1.64. The second-order valence-corrected chi connectivity index (χ2v) is 15.1. The van der Waals surface area contributed by atoms with Crippen LogP contribution in [-0.2, 0) is 20.8 Å². The van der Waals surface area contributed by atoms with Gasteiger partial charge in [-0.1, -0.05) is 69.9 Å². The number of phenolic OH excluding ortho intramolecular Hbond substituents is 1. The van der Waals surface area contributed by atoms with Crippen molar-refractivity contribution in [3.8, 4) is 28.7 Å². The molecule has 0 unspecified atom stereocenters. The van der Waals surface area contributed by atoms with Gasteiger partial charge < -0.3 is 26.2 Å². The maximum Gasteiger partial charge on any atom is 0.255 e. The summed E-state index contributed by atoms with van der Waals surface area (Å²) in [6, 6.07) is 8.65. The average Bonchev–Trinajstić information content (AvgIpc) is 3.02. The third kappa shape index (κ3) is 4.95. The minimum absolute atomic E-state index is 0.0232. The molecule has 256 valence electrons. The number of likely N-dealkylation sites (N-methyl/N-ethyl adjacent to an activating group) is 1. The van der Waals surface area contributed by atoms with Crippen molar-refractivity contribution in [1.82, 2.24) is 4.90 Å². The number of aromatic hydroxyl groups is 1. The van der Waals surface area contributed by atoms with Gasteiger partial charge in [-0.2, -0.15) is 0 Å². The van der Waals surface area contributed by atoms with Gasteiger partial charge in [0.05, 0.1) is 17.2 Å². The second kappa shape index (κ2) is 11.7. The molecule has 0 aromatic heterocycles. The number of nitrogens with two attached hydrogens (primary N) is 1. The number of amides is 1. The summed E-state index contributed by atoms with van der Waals surface area (Å²) in [4.78, 5) is 42.4. The van der Waals surface area contributed by atoms with Gasteiger partial charge in [0.1, 0.15) is 22.8 Å². The molecule has 0 spiro atoms. The van der Waals surface area contributed by atoms with Gasteiger partial charge in [0.15, 0.2) is 11.4 Å². The predicted molar refractivity (Wildman–Crippen MR) is 186 cm³/mol. The Morgan fingerprint density at radius 3 is 2.29 bits per heavy atom. The zero-order chi connectivity index (χ0) is 35.8. The highest BCUT2D eigenvalue weighted by Crippen LogP contribution is 2.63. The number of hydrogen-bond acceptors (Lipinski definition) is 8. The number of fused-ring (bicyclic) bond motifs is 3. The van der Waals surface area contributed by atoms with Gasteiger partial charge in [-0.15, -0.1) is 0 Å². The predicted octanol–water partition coefficient (Wildman–Crippen LogP) is 5.39. The molecular weight excluding hydrogens is 620 g/mol. The van der Waals surface area contributed by atoms with Gasteiger partial charge in [0.25, 0.3) is 5.91 Å². The van der Waals surface area contributed by atoms with Crippen LogP contribution in [0.25, 0.3) is 16.9 Å². The van der Waals surface area contributed by atoms with Crippen LogP contribution in [0.4, 0.5) is 0 Å². The van der Waals surface area contributed by atoms with Crippen molar-refractivity contribution in [2.24, 2.45) is 16.6 Å². The molecule has 1 fully saturated rings. The van der Waals surface area contributed by atoms with Crippen LogP contribution in [0.3, 0.4) is 0 Å². The Morgan fingerprint density at radius 2 is 1.71 bits per heavy atom. The van der Waals surface area contributed by atoms with Gasteiger partial charge in [-0.05, 0) is 92.4 Å². The van der Waals surface area contributed by atoms with E-state index in [1.165, 1.54) is 11.8 Å². The van der Waals surface area contributed by atoms with Crippen LogP contribution < -0.4 is 5.73 Å². The molecule has 0 radical (unpaired) electrons. The molecule has 4 aliphatic carbocycles. The van der Waals surface area contributed by atoms with E-state index in [0.29, 0.717) is 11.5 Å². The summed E-state index contributed by atoms with van der Waals surface area (Å²) in [7, 11) is 3.17. The van der Waals surface area contributed by atoms with E-state index in [1.807, 2.05) is 30.3 Å². The summed E-state index contributed by atoms with van der Waals surface area (Å²) in [6.07, 6.45) is 6.09.